The van der Waals surface area contributed by atoms with Gasteiger partial charge in [0.1, 0.15) is 0 Å². The van der Waals surface area contributed by atoms with Crippen molar-refractivity contribution in [1.82, 2.24) is 0 Å². The molecule has 0 aromatic heterocycles. The standard InChI is InChI=1S/C52H34N4/c1-53-49-28-16-14-26-46(49)51-43-24-12-13-25-44(43)52(47-27-15-17-29-50(47)54-2)48-36-42(34-35-45(48)51)56(39-22-10-5-11-23-39)41-32-30-40(31-33-41)55(37-18-6-3-7-19-37)38-20-8-4-9-21-38/h3-36H. The van der Waals surface area contributed by atoms with Crippen LogP contribution in [0.3, 0.4) is 0 Å². The highest BCUT2D eigenvalue weighted by Gasteiger charge is 2.22. The molecule has 262 valence electrons. The lowest BCUT2D eigenvalue weighted by atomic mass is 9.85. The summed E-state index contributed by atoms with van der Waals surface area (Å²) in [5, 5.41) is 4.09. The van der Waals surface area contributed by atoms with Crippen LogP contribution in [0.2, 0.25) is 0 Å². The van der Waals surface area contributed by atoms with E-state index in [1.54, 1.807) is 0 Å². The Hall–Kier alpha value is -7.92. The summed E-state index contributed by atoms with van der Waals surface area (Å²) < 4.78 is 0. The Morgan fingerprint density at radius 2 is 0.607 bits per heavy atom. The summed E-state index contributed by atoms with van der Waals surface area (Å²) in [4.78, 5) is 12.5. The number of para-hydroxylation sites is 5. The van der Waals surface area contributed by atoms with Crippen molar-refractivity contribution in [2.75, 3.05) is 9.80 Å². The Kier molecular flexibility index (Phi) is 8.98. The van der Waals surface area contributed by atoms with E-state index < -0.39 is 0 Å². The molecule has 0 spiro atoms. The number of benzene rings is 9. The minimum absolute atomic E-state index is 0.593. The fourth-order valence-electron chi connectivity index (χ4n) is 7.83. The lowest BCUT2D eigenvalue weighted by molar-refractivity contribution is 1.26. The van der Waals surface area contributed by atoms with Crippen LogP contribution in [-0.2, 0) is 0 Å². The van der Waals surface area contributed by atoms with Gasteiger partial charge in [-0.2, -0.15) is 0 Å². The first-order valence-corrected chi connectivity index (χ1v) is 18.5. The molecule has 0 atom stereocenters. The van der Waals surface area contributed by atoms with Crippen LogP contribution in [-0.4, -0.2) is 0 Å². The average Bonchev–Trinajstić information content (AvgIpc) is 3.27. The maximum absolute atomic E-state index is 8.15. The molecule has 0 N–H and O–H groups in total. The fraction of sp³-hybridized carbons (Fsp3) is 0. The van der Waals surface area contributed by atoms with Gasteiger partial charge in [0.25, 0.3) is 0 Å². The average molecular weight is 715 g/mol. The van der Waals surface area contributed by atoms with Crippen LogP contribution in [0.15, 0.2) is 206 Å². The maximum Gasteiger partial charge on any atom is 0.194 e. The van der Waals surface area contributed by atoms with E-state index in [0.29, 0.717) is 11.4 Å². The number of anilines is 6. The van der Waals surface area contributed by atoms with Crippen LogP contribution < -0.4 is 9.80 Å². The minimum atomic E-state index is 0.593. The second kappa shape index (κ2) is 14.8. The Morgan fingerprint density at radius 1 is 0.286 bits per heavy atom. The molecule has 0 heterocycles. The monoisotopic (exact) mass is 714 g/mol. The van der Waals surface area contributed by atoms with Crippen LogP contribution in [0.1, 0.15) is 0 Å². The van der Waals surface area contributed by atoms with E-state index in [1.807, 2.05) is 66.7 Å². The molecular weight excluding hydrogens is 681 g/mol. The first-order chi connectivity index (χ1) is 27.7. The zero-order chi connectivity index (χ0) is 37.8. The highest BCUT2D eigenvalue weighted by molar-refractivity contribution is 6.23. The largest absolute Gasteiger partial charge is 0.311 e. The molecule has 0 aliphatic rings. The molecule has 9 aromatic carbocycles. The number of hydrogen-bond donors (Lipinski definition) is 0. The van der Waals surface area contributed by atoms with Gasteiger partial charge in [-0.1, -0.05) is 133 Å². The van der Waals surface area contributed by atoms with Gasteiger partial charge in [-0.25, -0.2) is 9.69 Å². The molecule has 0 aliphatic heterocycles. The van der Waals surface area contributed by atoms with Gasteiger partial charge >= 0.3 is 0 Å². The van der Waals surface area contributed by atoms with E-state index >= 15 is 0 Å². The third-order valence-corrected chi connectivity index (χ3v) is 10.3. The highest BCUT2D eigenvalue weighted by Crippen LogP contribution is 2.49. The Labute approximate surface area is 327 Å². The summed E-state index contributed by atoms with van der Waals surface area (Å²) in [6.45, 7) is 16.2. The smallest absolute Gasteiger partial charge is 0.194 e. The molecule has 0 aliphatic carbocycles. The molecule has 9 aromatic rings. The van der Waals surface area contributed by atoms with Gasteiger partial charge in [0.2, 0.25) is 0 Å². The Bertz CT molecular complexity index is 2890. The van der Waals surface area contributed by atoms with Gasteiger partial charge in [-0.15, -0.1) is 0 Å². The molecule has 0 saturated carbocycles. The molecule has 0 bridgehead atoms. The van der Waals surface area contributed by atoms with Gasteiger partial charge in [0.05, 0.1) is 13.1 Å². The third-order valence-electron chi connectivity index (χ3n) is 10.3. The van der Waals surface area contributed by atoms with Gasteiger partial charge in [0, 0.05) is 34.1 Å². The Balaban J connectivity index is 1.29. The number of nitrogens with zero attached hydrogens (tertiary/aromatic N) is 4. The molecule has 9 rings (SSSR count). The molecule has 0 saturated heterocycles. The summed E-state index contributed by atoms with van der Waals surface area (Å²) in [6.07, 6.45) is 0. The topological polar surface area (TPSA) is 15.2 Å². The van der Waals surface area contributed by atoms with Gasteiger partial charge in [-0.3, -0.25) is 0 Å². The van der Waals surface area contributed by atoms with Gasteiger partial charge < -0.3 is 9.80 Å². The minimum Gasteiger partial charge on any atom is -0.311 e. The van der Waals surface area contributed by atoms with Crippen LogP contribution >= 0.6 is 0 Å². The summed E-state index contributed by atoms with van der Waals surface area (Å²) in [7, 11) is 0. The first kappa shape index (κ1) is 33.9. The maximum atomic E-state index is 8.15. The molecule has 0 fully saturated rings. The van der Waals surface area contributed by atoms with Gasteiger partial charge in [-0.05, 0) is 117 Å². The van der Waals surface area contributed by atoms with Crippen LogP contribution in [0.25, 0.3) is 53.5 Å². The van der Waals surface area contributed by atoms with Crippen LogP contribution in [0, 0.1) is 13.1 Å². The van der Waals surface area contributed by atoms with E-state index in [4.69, 9.17) is 13.1 Å². The second-order valence-electron chi connectivity index (χ2n) is 13.5. The van der Waals surface area contributed by atoms with E-state index in [2.05, 4.69) is 159 Å². The number of rotatable bonds is 8. The zero-order valence-corrected chi connectivity index (χ0v) is 30.4. The summed E-state index contributed by atoms with van der Waals surface area (Å²) in [6, 6.07) is 70.7. The zero-order valence-electron chi connectivity index (χ0n) is 30.4. The summed E-state index contributed by atoms with van der Waals surface area (Å²) in [5.41, 5.74) is 11.2. The number of fused-ring (bicyclic) bond motifs is 2. The van der Waals surface area contributed by atoms with Crippen molar-refractivity contribution in [2.45, 2.75) is 0 Å². The molecule has 4 nitrogen and oxygen atoms in total. The van der Waals surface area contributed by atoms with Crippen LogP contribution in [0.4, 0.5) is 45.5 Å². The van der Waals surface area contributed by atoms with Crippen molar-refractivity contribution < 1.29 is 0 Å². The molecular formula is C52H34N4. The van der Waals surface area contributed by atoms with Crippen molar-refractivity contribution in [1.29, 1.82) is 0 Å². The van der Waals surface area contributed by atoms with Crippen molar-refractivity contribution in [3.05, 3.63) is 229 Å². The van der Waals surface area contributed by atoms with Crippen molar-refractivity contribution >= 4 is 67.0 Å². The fourth-order valence-corrected chi connectivity index (χ4v) is 7.83. The van der Waals surface area contributed by atoms with Crippen LogP contribution in [0.5, 0.6) is 0 Å². The molecule has 0 radical (unpaired) electrons. The predicted octanol–water partition coefficient (Wildman–Crippen LogP) is 15.4. The summed E-state index contributed by atoms with van der Waals surface area (Å²) >= 11 is 0. The molecule has 4 heteroatoms. The van der Waals surface area contributed by atoms with Crippen molar-refractivity contribution in [3.63, 3.8) is 0 Å². The molecule has 0 amide bonds. The van der Waals surface area contributed by atoms with Crippen molar-refractivity contribution in [2.24, 2.45) is 0 Å². The SMILES string of the molecule is [C-]#[N+]c1ccccc1-c1c2ccccc2c(-c2ccccc2[N+]#[C-])c2cc(N(c3ccccc3)c3ccc(N(c4ccccc4)c4ccccc4)cc3)ccc12. The third kappa shape index (κ3) is 6.08. The normalized spacial score (nSPS) is 10.8. The van der Waals surface area contributed by atoms with Crippen molar-refractivity contribution in [3.8, 4) is 22.3 Å². The molecule has 0 unspecified atom stereocenters. The summed E-state index contributed by atoms with van der Waals surface area (Å²) in [5.74, 6) is 0. The van der Waals surface area contributed by atoms with E-state index in [1.165, 1.54) is 0 Å². The van der Waals surface area contributed by atoms with Gasteiger partial charge in [0.15, 0.2) is 11.4 Å². The number of hydrogen-bond acceptors (Lipinski definition) is 2. The quantitative estimate of drug-likeness (QED) is 0.115. The highest BCUT2D eigenvalue weighted by atomic mass is 15.2. The van der Waals surface area contributed by atoms with E-state index in [9.17, 15) is 0 Å². The first-order valence-electron chi connectivity index (χ1n) is 18.5. The van der Waals surface area contributed by atoms with E-state index in [-0.39, 0.29) is 0 Å². The van der Waals surface area contributed by atoms with E-state index in [0.717, 1.165) is 77.9 Å². The predicted molar refractivity (Wildman–Crippen MR) is 234 cm³/mol. The second-order valence-corrected chi connectivity index (χ2v) is 13.5. The lowest BCUT2D eigenvalue weighted by Crippen LogP contribution is -2.12. The lowest BCUT2D eigenvalue weighted by Gasteiger charge is -2.29. The molecule has 56 heavy (non-hydrogen) atoms. The Morgan fingerprint density at radius 3 is 1.05 bits per heavy atom.